The zero-order valence-electron chi connectivity index (χ0n) is 18.3. The van der Waals surface area contributed by atoms with Crippen molar-refractivity contribution in [1.29, 1.82) is 0 Å². The Hall–Kier alpha value is -4.46. The fourth-order valence-corrected chi connectivity index (χ4v) is 3.69. The number of aryl methyl sites for hydroxylation is 1. The molecule has 5 rings (SSSR count). The second-order valence-electron chi connectivity index (χ2n) is 7.44. The Labute approximate surface area is 189 Å². The van der Waals surface area contributed by atoms with E-state index in [1.54, 1.807) is 32.4 Å². The van der Waals surface area contributed by atoms with E-state index in [0.29, 0.717) is 45.0 Å². The van der Waals surface area contributed by atoms with Crippen molar-refractivity contribution >= 4 is 10.8 Å². The smallest absolute Gasteiger partial charge is 0.279 e. The maximum Gasteiger partial charge on any atom is 0.279 e. The molecule has 0 unspecified atom stereocenters. The van der Waals surface area contributed by atoms with E-state index in [2.05, 4.69) is 15.2 Å². The molecule has 0 spiro atoms. The number of benzene rings is 3. The molecule has 8 nitrogen and oxygen atoms in total. The van der Waals surface area contributed by atoms with Gasteiger partial charge in [0.05, 0.1) is 25.3 Å². The molecule has 0 fully saturated rings. The highest BCUT2D eigenvalue weighted by Gasteiger charge is 2.19. The standard InChI is InChI=1S/C25H20N4O4/c1-15-7-6-8-17(13-15)29-25(30)19-10-5-4-9-18(19)22(27-29)24-26-23(28-33-24)16-11-12-20(31-2)21(14-16)32-3/h4-14H,1-3H3. The van der Waals surface area contributed by atoms with Crippen LogP contribution in [-0.2, 0) is 0 Å². The number of nitrogens with zero attached hydrogens (tertiary/aromatic N) is 4. The van der Waals surface area contributed by atoms with Gasteiger partial charge >= 0.3 is 0 Å². The summed E-state index contributed by atoms with van der Waals surface area (Å²) >= 11 is 0. The molecule has 0 radical (unpaired) electrons. The van der Waals surface area contributed by atoms with Crippen molar-refractivity contribution in [2.75, 3.05) is 14.2 Å². The Morgan fingerprint density at radius 2 is 1.67 bits per heavy atom. The molecular weight excluding hydrogens is 420 g/mol. The van der Waals surface area contributed by atoms with Crippen LogP contribution in [0.1, 0.15) is 5.56 Å². The van der Waals surface area contributed by atoms with Crippen LogP contribution in [0.2, 0.25) is 0 Å². The summed E-state index contributed by atoms with van der Waals surface area (Å²) in [6, 6.07) is 20.2. The SMILES string of the molecule is COc1ccc(-c2noc(-c3nn(-c4cccc(C)c4)c(=O)c4ccccc34)n2)cc1OC. The average molecular weight is 440 g/mol. The molecule has 5 aromatic rings. The van der Waals surface area contributed by atoms with Gasteiger partial charge in [-0.3, -0.25) is 4.79 Å². The van der Waals surface area contributed by atoms with E-state index in [9.17, 15) is 4.79 Å². The number of aromatic nitrogens is 4. The number of hydrogen-bond acceptors (Lipinski definition) is 7. The summed E-state index contributed by atoms with van der Waals surface area (Å²) in [6.07, 6.45) is 0. The number of rotatable bonds is 5. The lowest BCUT2D eigenvalue weighted by Gasteiger charge is -2.09. The van der Waals surface area contributed by atoms with Crippen molar-refractivity contribution in [3.8, 4) is 40.2 Å². The first-order chi connectivity index (χ1) is 16.1. The number of hydrogen-bond donors (Lipinski definition) is 0. The Bertz CT molecular complexity index is 1540. The van der Waals surface area contributed by atoms with Crippen LogP contribution in [0.15, 0.2) is 76.0 Å². The summed E-state index contributed by atoms with van der Waals surface area (Å²) in [5.74, 6) is 1.73. The topological polar surface area (TPSA) is 92.3 Å². The van der Waals surface area contributed by atoms with Crippen LogP contribution in [0, 0.1) is 6.92 Å². The van der Waals surface area contributed by atoms with Crippen LogP contribution < -0.4 is 15.0 Å². The monoisotopic (exact) mass is 440 g/mol. The molecule has 0 aliphatic rings. The summed E-state index contributed by atoms with van der Waals surface area (Å²) in [5, 5.41) is 9.89. The predicted molar refractivity (Wildman–Crippen MR) is 124 cm³/mol. The second-order valence-corrected chi connectivity index (χ2v) is 7.44. The summed E-state index contributed by atoms with van der Waals surface area (Å²) in [4.78, 5) is 17.8. The van der Waals surface area contributed by atoms with E-state index in [1.165, 1.54) is 4.68 Å². The van der Waals surface area contributed by atoms with Gasteiger partial charge in [-0.15, -0.1) is 0 Å². The van der Waals surface area contributed by atoms with Gasteiger partial charge in [0, 0.05) is 10.9 Å². The first-order valence-electron chi connectivity index (χ1n) is 10.2. The van der Waals surface area contributed by atoms with E-state index < -0.39 is 0 Å². The van der Waals surface area contributed by atoms with Gasteiger partial charge in [0.2, 0.25) is 5.82 Å². The van der Waals surface area contributed by atoms with Crippen LogP contribution in [0.3, 0.4) is 0 Å². The third-order valence-corrected chi connectivity index (χ3v) is 5.32. The highest BCUT2D eigenvalue weighted by Crippen LogP contribution is 2.32. The van der Waals surface area contributed by atoms with E-state index in [0.717, 1.165) is 5.56 Å². The molecule has 0 saturated heterocycles. The van der Waals surface area contributed by atoms with Crippen LogP contribution in [-0.4, -0.2) is 34.1 Å². The van der Waals surface area contributed by atoms with E-state index in [-0.39, 0.29) is 11.4 Å². The highest BCUT2D eigenvalue weighted by molar-refractivity contribution is 5.92. The van der Waals surface area contributed by atoms with Gasteiger partial charge < -0.3 is 14.0 Å². The summed E-state index contributed by atoms with van der Waals surface area (Å²) in [5.41, 5.74) is 2.57. The molecule has 0 amide bonds. The third kappa shape index (κ3) is 3.61. The van der Waals surface area contributed by atoms with Crippen LogP contribution in [0.25, 0.3) is 39.4 Å². The molecule has 0 N–H and O–H groups in total. The molecule has 33 heavy (non-hydrogen) atoms. The molecule has 3 aromatic carbocycles. The average Bonchev–Trinajstić information content (AvgIpc) is 3.34. The lowest BCUT2D eigenvalue weighted by molar-refractivity contribution is 0.355. The van der Waals surface area contributed by atoms with Gasteiger partial charge in [-0.1, -0.05) is 35.5 Å². The van der Waals surface area contributed by atoms with Gasteiger partial charge in [0.1, 0.15) is 0 Å². The lowest BCUT2D eigenvalue weighted by Crippen LogP contribution is -2.22. The predicted octanol–water partition coefficient (Wildman–Crippen LogP) is 4.43. The van der Waals surface area contributed by atoms with Gasteiger partial charge in [-0.2, -0.15) is 14.8 Å². The normalized spacial score (nSPS) is 11.0. The molecular formula is C25H20N4O4. The van der Waals surface area contributed by atoms with Gasteiger partial charge in [0.25, 0.3) is 11.4 Å². The van der Waals surface area contributed by atoms with Crippen molar-refractivity contribution < 1.29 is 14.0 Å². The van der Waals surface area contributed by atoms with Crippen molar-refractivity contribution in [1.82, 2.24) is 19.9 Å². The van der Waals surface area contributed by atoms with Gasteiger partial charge in [-0.25, -0.2) is 0 Å². The number of methoxy groups -OCH3 is 2. The van der Waals surface area contributed by atoms with Crippen molar-refractivity contribution in [2.45, 2.75) is 6.92 Å². The number of fused-ring (bicyclic) bond motifs is 1. The fourth-order valence-electron chi connectivity index (χ4n) is 3.69. The molecule has 0 aliphatic heterocycles. The summed E-state index contributed by atoms with van der Waals surface area (Å²) in [7, 11) is 3.14. The third-order valence-electron chi connectivity index (χ3n) is 5.32. The van der Waals surface area contributed by atoms with Gasteiger partial charge in [-0.05, 0) is 48.9 Å². The molecule has 0 atom stereocenters. The Kier molecular flexibility index (Phi) is 5.10. The van der Waals surface area contributed by atoms with Crippen LogP contribution in [0.5, 0.6) is 11.5 Å². The quantitative estimate of drug-likeness (QED) is 0.399. The summed E-state index contributed by atoms with van der Waals surface area (Å²) in [6.45, 7) is 1.96. The maximum atomic E-state index is 13.2. The zero-order chi connectivity index (χ0) is 22.9. The molecule has 8 heteroatoms. The van der Waals surface area contributed by atoms with Crippen LogP contribution in [0.4, 0.5) is 0 Å². The molecule has 2 aromatic heterocycles. The molecule has 164 valence electrons. The molecule has 0 bridgehead atoms. The van der Waals surface area contributed by atoms with E-state index in [1.807, 2.05) is 55.5 Å². The zero-order valence-corrected chi connectivity index (χ0v) is 18.3. The minimum atomic E-state index is -0.223. The Balaban J connectivity index is 1.68. The lowest BCUT2D eigenvalue weighted by atomic mass is 10.1. The minimum absolute atomic E-state index is 0.206. The molecule has 2 heterocycles. The second kappa shape index (κ2) is 8.23. The fraction of sp³-hybridized carbons (Fsp3) is 0.120. The minimum Gasteiger partial charge on any atom is -0.493 e. The van der Waals surface area contributed by atoms with E-state index in [4.69, 9.17) is 14.0 Å². The highest BCUT2D eigenvalue weighted by atomic mass is 16.5. The van der Waals surface area contributed by atoms with E-state index >= 15 is 0 Å². The first kappa shape index (κ1) is 20.4. The summed E-state index contributed by atoms with van der Waals surface area (Å²) < 4.78 is 17.6. The van der Waals surface area contributed by atoms with Crippen molar-refractivity contribution in [3.63, 3.8) is 0 Å². The molecule has 0 saturated carbocycles. The maximum absolute atomic E-state index is 13.2. The van der Waals surface area contributed by atoms with Gasteiger partial charge in [0.15, 0.2) is 17.2 Å². The largest absolute Gasteiger partial charge is 0.493 e. The van der Waals surface area contributed by atoms with Crippen molar-refractivity contribution in [3.05, 3.63) is 82.6 Å². The molecule has 0 aliphatic carbocycles. The number of ether oxygens (including phenoxy) is 2. The first-order valence-corrected chi connectivity index (χ1v) is 10.2. The Morgan fingerprint density at radius 3 is 2.42 bits per heavy atom. The van der Waals surface area contributed by atoms with Crippen LogP contribution >= 0.6 is 0 Å². The Morgan fingerprint density at radius 1 is 0.879 bits per heavy atom. The van der Waals surface area contributed by atoms with Crippen molar-refractivity contribution in [2.24, 2.45) is 0 Å².